The first-order valence-corrected chi connectivity index (χ1v) is 20.5. The molecule has 6 nitrogen and oxygen atoms in total. The Hall–Kier alpha value is -0.450. The Morgan fingerprint density at radius 1 is 0.417 bits per heavy atom. The van der Waals surface area contributed by atoms with E-state index in [1.807, 2.05) is 27.7 Å². The molecule has 0 spiro atoms. The van der Waals surface area contributed by atoms with Crippen LogP contribution in [-0.2, 0) is 0 Å². The lowest BCUT2D eigenvalue weighted by atomic mass is 9.88. The van der Waals surface area contributed by atoms with Crippen LogP contribution in [0, 0.1) is 23.2 Å². The monoisotopic (exact) mass is 741 g/mol. The molecule has 6 N–H and O–H groups in total. The number of aliphatic hydroxyl groups is 6. The third-order valence-corrected chi connectivity index (χ3v) is 10.2. The van der Waals surface area contributed by atoms with Crippen molar-refractivity contribution in [1.82, 2.24) is 0 Å². The van der Waals surface area contributed by atoms with Crippen molar-refractivity contribution in [2.24, 2.45) is 23.2 Å². The van der Waals surface area contributed by atoms with Crippen LogP contribution in [0.25, 0.3) is 0 Å². The molecule has 0 aromatic heterocycles. The van der Waals surface area contributed by atoms with Gasteiger partial charge in [0.2, 0.25) is 0 Å². The summed E-state index contributed by atoms with van der Waals surface area (Å²) in [6.07, 6.45) is 27.2. The van der Waals surface area contributed by atoms with Crippen LogP contribution in [0.1, 0.15) is 190 Å². The Morgan fingerprint density at radius 3 is 0.771 bits per heavy atom. The van der Waals surface area contributed by atoms with Gasteiger partial charge < -0.3 is 30.6 Å². The highest BCUT2D eigenvalue weighted by Crippen LogP contribution is 2.18. The van der Waals surface area contributed by atoms with E-state index in [0.717, 1.165) is 19.3 Å². The standard InChI is InChI=1S/3C11H22OS.C6H14O3/c3*1-3-4-5-6-7-8-9-10(2)11(12)13;1-2-6(3-7,4-8)5-9/h3*10H,3-9H2,1-2H3,(H,12,13);7-9H,2-5H2,1H3. The second kappa shape index (κ2) is 41.0. The molecule has 0 aliphatic carbocycles. The van der Waals surface area contributed by atoms with E-state index < -0.39 is 5.41 Å². The molecule has 9 heteroatoms. The molecular formula is C39H80O6S3. The van der Waals surface area contributed by atoms with E-state index in [0.29, 0.717) is 6.42 Å². The van der Waals surface area contributed by atoms with Gasteiger partial charge in [-0.3, -0.25) is 0 Å². The molecule has 290 valence electrons. The van der Waals surface area contributed by atoms with Gasteiger partial charge in [0, 0.05) is 23.2 Å². The van der Waals surface area contributed by atoms with E-state index in [1.165, 1.54) is 116 Å². The number of rotatable bonds is 28. The van der Waals surface area contributed by atoms with Gasteiger partial charge in [0.1, 0.15) is 0 Å². The minimum Gasteiger partial charge on any atom is -0.502 e. The van der Waals surface area contributed by atoms with E-state index in [9.17, 15) is 0 Å². The summed E-state index contributed by atoms with van der Waals surface area (Å²) in [5.41, 5.74) is -0.667. The number of hydrogen-bond acceptors (Lipinski definition) is 6. The van der Waals surface area contributed by atoms with Gasteiger partial charge in [-0.1, -0.05) is 164 Å². The molecule has 0 aliphatic rings. The van der Waals surface area contributed by atoms with Crippen LogP contribution in [-0.4, -0.2) is 65.6 Å². The molecule has 3 atom stereocenters. The maximum Gasteiger partial charge on any atom is 0.159 e. The minimum atomic E-state index is -0.667. The summed E-state index contributed by atoms with van der Waals surface area (Å²) in [5.74, 6) is 0.628. The highest BCUT2D eigenvalue weighted by atomic mass is 32.1. The highest BCUT2D eigenvalue weighted by molar-refractivity contribution is 7.80. The van der Waals surface area contributed by atoms with Crippen LogP contribution in [0.3, 0.4) is 0 Å². The molecule has 0 radical (unpaired) electrons. The van der Waals surface area contributed by atoms with Crippen molar-refractivity contribution < 1.29 is 30.6 Å². The number of aliphatic hydroxyl groups excluding tert-OH is 6. The highest BCUT2D eigenvalue weighted by Gasteiger charge is 2.24. The summed E-state index contributed by atoms with van der Waals surface area (Å²) >= 11 is 14.1. The first-order chi connectivity index (χ1) is 22.8. The maximum atomic E-state index is 8.99. The molecule has 0 saturated carbocycles. The second-order valence-corrected chi connectivity index (χ2v) is 15.0. The van der Waals surface area contributed by atoms with Crippen molar-refractivity contribution >= 4 is 51.8 Å². The van der Waals surface area contributed by atoms with Crippen LogP contribution in [0.2, 0.25) is 0 Å². The van der Waals surface area contributed by atoms with Gasteiger partial charge in [-0.2, -0.15) is 0 Å². The molecule has 0 saturated heterocycles. The molecule has 0 bridgehead atoms. The molecule has 0 rings (SSSR count). The van der Waals surface area contributed by atoms with Crippen molar-refractivity contribution in [3.8, 4) is 0 Å². The normalized spacial score (nSPS) is 12.6. The Morgan fingerprint density at radius 2 is 0.625 bits per heavy atom. The Labute approximate surface area is 313 Å². The molecule has 0 aliphatic heterocycles. The molecular weight excluding hydrogens is 661 g/mol. The van der Waals surface area contributed by atoms with Gasteiger partial charge in [-0.15, -0.1) is 0 Å². The SMILES string of the molecule is CCC(CO)(CO)CO.CCCCCCCCC(C)C(O)=S.CCCCCCCCC(C)C(O)=S.CCCCCCCCC(C)C(O)=S. The Bertz CT molecular complexity index is 610. The Balaban J connectivity index is -0.000000271. The van der Waals surface area contributed by atoms with Crippen LogP contribution in [0.15, 0.2) is 0 Å². The van der Waals surface area contributed by atoms with E-state index in [4.69, 9.17) is 67.3 Å². The minimum absolute atomic E-state index is 0.156. The predicted octanol–water partition coefficient (Wildman–Crippen LogP) is 12.1. The molecule has 0 aromatic carbocycles. The quantitative estimate of drug-likeness (QED) is 0.0344. The summed E-state index contributed by atoms with van der Waals surface area (Å²) in [5, 5.41) is 53.5. The second-order valence-electron chi connectivity index (χ2n) is 13.7. The summed E-state index contributed by atoms with van der Waals surface area (Å²) in [7, 11) is 0. The van der Waals surface area contributed by atoms with E-state index in [1.54, 1.807) is 0 Å². The van der Waals surface area contributed by atoms with Gasteiger partial charge in [0.25, 0.3) is 0 Å². The summed E-state index contributed by atoms with van der Waals surface area (Å²) in [6.45, 7) is 14.0. The van der Waals surface area contributed by atoms with Crippen molar-refractivity contribution in [1.29, 1.82) is 0 Å². The zero-order valence-electron chi connectivity index (χ0n) is 32.3. The number of hydrogen-bond donors (Lipinski definition) is 6. The fourth-order valence-corrected chi connectivity index (χ4v) is 4.90. The molecule has 0 heterocycles. The third-order valence-electron chi connectivity index (χ3n) is 8.99. The first kappa shape index (κ1) is 54.3. The lowest BCUT2D eigenvalue weighted by Crippen LogP contribution is -2.32. The molecule has 3 unspecified atom stereocenters. The van der Waals surface area contributed by atoms with Crippen molar-refractivity contribution in [2.75, 3.05) is 19.8 Å². The first-order valence-electron chi connectivity index (χ1n) is 19.3. The van der Waals surface area contributed by atoms with Gasteiger partial charge in [-0.05, 0) is 62.3 Å². The maximum absolute atomic E-state index is 8.99. The fraction of sp³-hybridized carbons (Fsp3) is 0.923. The zero-order chi connectivity index (χ0) is 37.6. The van der Waals surface area contributed by atoms with Gasteiger partial charge in [0.15, 0.2) is 15.2 Å². The van der Waals surface area contributed by atoms with E-state index in [2.05, 4.69) is 20.8 Å². The Kier molecular flexibility index (Phi) is 46.4. The van der Waals surface area contributed by atoms with Crippen LogP contribution < -0.4 is 0 Å². The van der Waals surface area contributed by atoms with Crippen LogP contribution in [0.5, 0.6) is 0 Å². The van der Waals surface area contributed by atoms with Crippen molar-refractivity contribution in [2.45, 2.75) is 190 Å². The predicted molar refractivity (Wildman–Crippen MR) is 221 cm³/mol. The van der Waals surface area contributed by atoms with Gasteiger partial charge in [-0.25, -0.2) is 0 Å². The van der Waals surface area contributed by atoms with E-state index >= 15 is 0 Å². The average molecular weight is 741 g/mol. The largest absolute Gasteiger partial charge is 0.502 e. The van der Waals surface area contributed by atoms with E-state index in [-0.39, 0.29) is 52.7 Å². The topological polar surface area (TPSA) is 121 Å². The molecule has 0 amide bonds. The number of thiocarbonyl (C=S) groups is 3. The molecule has 48 heavy (non-hydrogen) atoms. The lowest BCUT2D eigenvalue weighted by molar-refractivity contribution is 0.00304. The van der Waals surface area contributed by atoms with Crippen molar-refractivity contribution in [3.05, 3.63) is 0 Å². The van der Waals surface area contributed by atoms with Gasteiger partial charge in [0.05, 0.1) is 19.8 Å². The van der Waals surface area contributed by atoms with Crippen molar-refractivity contribution in [3.63, 3.8) is 0 Å². The van der Waals surface area contributed by atoms with Crippen LogP contribution >= 0.6 is 36.7 Å². The molecule has 0 aromatic rings. The lowest BCUT2D eigenvalue weighted by Gasteiger charge is -2.24. The van der Waals surface area contributed by atoms with Gasteiger partial charge >= 0.3 is 0 Å². The number of unbranched alkanes of at least 4 members (excludes halogenated alkanes) is 15. The summed E-state index contributed by atoms with van der Waals surface area (Å²) in [4.78, 5) is 0. The summed E-state index contributed by atoms with van der Waals surface area (Å²) in [6, 6.07) is 0. The summed E-state index contributed by atoms with van der Waals surface area (Å²) < 4.78 is 0. The third kappa shape index (κ3) is 40.0. The molecule has 0 fully saturated rings. The smallest absolute Gasteiger partial charge is 0.159 e. The fourth-order valence-electron chi connectivity index (χ4n) is 4.55. The zero-order valence-corrected chi connectivity index (χ0v) is 34.8. The average Bonchev–Trinajstić information content (AvgIpc) is 3.07. The van der Waals surface area contributed by atoms with Crippen LogP contribution in [0.4, 0.5) is 0 Å².